The van der Waals surface area contributed by atoms with Crippen molar-refractivity contribution >= 4 is 5.78 Å². The van der Waals surface area contributed by atoms with Gasteiger partial charge in [-0.25, -0.2) is 0 Å². The van der Waals surface area contributed by atoms with E-state index in [0.717, 1.165) is 6.42 Å². The Hall–Kier alpha value is -0.330. The van der Waals surface area contributed by atoms with Gasteiger partial charge in [-0.1, -0.05) is 41.5 Å². The highest BCUT2D eigenvalue weighted by atomic mass is 16.1. The minimum Gasteiger partial charge on any atom is -0.299 e. The van der Waals surface area contributed by atoms with Gasteiger partial charge in [-0.15, -0.1) is 0 Å². The van der Waals surface area contributed by atoms with Crippen molar-refractivity contribution in [3.63, 3.8) is 0 Å². The van der Waals surface area contributed by atoms with Crippen molar-refractivity contribution in [2.75, 3.05) is 0 Å². The third-order valence-electron chi connectivity index (χ3n) is 2.98. The molecule has 1 fully saturated rings. The van der Waals surface area contributed by atoms with Gasteiger partial charge in [0.25, 0.3) is 0 Å². The molecule has 0 radical (unpaired) electrons. The Morgan fingerprint density at radius 1 is 1.08 bits per heavy atom. The van der Waals surface area contributed by atoms with Gasteiger partial charge in [0.1, 0.15) is 5.78 Å². The minimum absolute atomic E-state index is 0.148. The molecule has 0 unspecified atom stereocenters. The molecule has 0 aromatic heterocycles. The second-order valence-corrected chi connectivity index (χ2v) is 6.43. The van der Waals surface area contributed by atoms with E-state index < -0.39 is 0 Å². The zero-order valence-electron chi connectivity index (χ0n) is 9.77. The van der Waals surface area contributed by atoms with Crippen LogP contribution in [0.2, 0.25) is 0 Å². The average Bonchev–Trinajstić information content (AvgIpc) is 2.58. The van der Waals surface area contributed by atoms with E-state index in [0.29, 0.717) is 23.0 Å². The van der Waals surface area contributed by atoms with Gasteiger partial charge < -0.3 is 0 Å². The number of carbonyl (C=O) groups excluding carboxylic acids is 1. The normalized spacial score (nSPS) is 28.8. The van der Waals surface area contributed by atoms with Crippen LogP contribution in [0.4, 0.5) is 0 Å². The van der Waals surface area contributed by atoms with Crippen LogP contribution in [0.3, 0.4) is 0 Å². The van der Waals surface area contributed by atoms with Crippen molar-refractivity contribution in [3.05, 3.63) is 0 Å². The number of hydrogen-bond donors (Lipinski definition) is 0. The van der Waals surface area contributed by atoms with Crippen LogP contribution in [0.15, 0.2) is 0 Å². The number of hydrogen-bond acceptors (Lipinski definition) is 1. The lowest BCUT2D eigenvalue weighted by molar-refractivity contribution is -0.128. The van der Waals surface area contributed by atoms with Crippen molar-refractivity contribution < 1.29 is 4.79 Å². The summed E-state index contributed by atoms with van der Waals surface area (Å²) in [6, 6.07) is 0. The molecule has 0 aliphatic heterocycles. The Balaban J connectivity index is 2.58. The van der Waals surface area contributed by atoms with Gasteiger partial charge in [0.05, 0.1) is 0 Å². The second-order valence-electron chi connectivity index (χ2n) is 6.43. The molecule has 1 heteroatoms. The van der Waals surface area contributed by atoms with Crippen LogP contribution in [0, 0.1) is 22.7 Å². The first-order chi connectivity index (χ1) is 5.64. The van der Waals surface area contributed by atoms with Crippen LogP contribution in [-0.4, -0.2) is 5.78 Å². The third-order valence-corrected chi connectivity index (χ3v) is 2.98. The molecule has 0 aromatic rings. The average molecular weight is 182 g/mol. The van der Waals surface area contributed by atoms with E-state index in [2.05, 4.69) is 20.8 Å². The fourth-order valence-corrected chi connectivity index (χ4v) is 2.00. The fourth-order valence-electron chi connectivity index (χ4n) is 2.00. The summed E-state index contributed by atoms with van der Waals surface area (Å²) in [6.45, 7) is 12.8. The van der Waals surface area contributed by atoms with Gasteiger partial charge >= 0.3 is 0 Å². The Labute approximate surface area is 81.9 Å². The van der Waals surface area contributed by atoms with Crippen molar-refractivity contribution in [1.29, 1.82) is 0 Å². The van der Waals surface area contributed by atoms with Crippen LogP contribution in [0.5, 0.6) is 0 Å². The number of Topliss-reactive ketones (excluding diaryl/α,β-unsaturated/α-hetero) is 1. The van der Waals surface area contributed by atoms with Crippen molar-refractivity contribution in [2.45, 2.75) is 48.0 Å². The molecule has 0 aromatic carbocycles. The predicted molar refractivity (Wildman–Crippen MR) is 55.5 cm³/mol. The smallest absolute Gasteiger partial charge is 0.141 e. The van der Waals surface area contributed by atoms with Crippen molar-refractivity contribution in [3.8, 4) is 0 Å². The molecule has 1 rings (SSSR count). The van der Waals surface area contributed by atoms with Crippen molar-refractivity contribution in [2.24, 2.45) is 22.7 Å². The Morgan fingerprint density at radius 3 is 1.77 bits per heavy atom. The summed E-state index contributed by atoms with van der Waals surface area (Å²) < 4.78 is 0. The molecular weight excluding hydrogens is 160 g/mol. The molecule has 0 spiro atoms. The van der Waals surface area contributed by atoms with Crippen LogP contribution in [0.1, 0.15) is 48.0 Å². The maximum Gasteiger partial charge on any atom is 0.141 e. The van der Waals surface area contributed by atoms with Gasteiger partial charge in [-0.3, -0.25) is 4.79 Å². The molecular formula is C12H22O. The first-order valence-electron chi connectivity index (χ1n) is 5.18. The van der Waals surface area contributed by atoms with E-state index in [1.54, 1.807) is 0 Å². The zero-order valence-corrected chi connectivity index (χ0v) is 9.77. The molecule has 1 nitrogen and oxygen atoms in total. The second kappa shape index (κ2) is 2.83. The molecule has 13 heavy (non-hydrogen) atoms. The summed E-state index contributed by atoms with van der Waals surface area (Å²) in [5, 5.41) is 0. The quantitative estimate of drug-likeness (QED) is 0.608. The van der Waals surface area contributed by atoms with Crippen LogP contribution in [0.25, 0.3) is 0 Å². The Kier molecular flexibility index (Phi) is 2.34. The predicted octanol–water partition coefficient (Wildman–Crippen LogP) is 3.28. The lowest BCUT2D eigenvalue weighted by atomic mass is 9.83. The molecule has 76 valence electrons. The minimum atomic E-state index is -0.148. The Morgan fingerprint density at radius 2 is 1.54 bits per heavy atom. The summed E-state index contributed by atoms with van der Waals surface area (Å²) in [5.41, 5.74) is 0.163. The summed E-state index contributed by atoms with van der Waals surface area (Å²) in [6.07, 6.45) is 1.11. The van der Waals surface area contributed by atoms with Gasteiger partial charge in [0.15, 0.2) is 0 Å². The highest BCUT2D eigenvalue weighted by Crippen LogP contribution is 2.53. The summed E-state index contributed by atoms with van der Waals surface area (Å²) in [5.74, 6) is 1.42. The third kappa shape index (κ3) is 2.32. The molecule has 1 aliphatic rings. The molecule has 0 saturated heterocycles. The fraction of sp³-hybridized carbons (Fsp3) is 0.917. The molecule has 0 bridgehead atoms. The van der Waals surface area contributed by atoms with E-state index >= 15 is 0 Å². The van der Waals surface area contributed by atoms with Crippen molar-refractivity contribution in [1.82, 2.24) is 0 Å². The van der Waals surface area contributed by atoms with Crippen LogP contribution >= 0.6 is 0 Å². The highest BCUT2D eigenvalue weighted by Gasteiger charge is 2.51. The molecule has 1 aliphatic carbocycles. The number of rotatable bonds is 1. The van der Waals surface area contributed by atoms with Gasteiger partial charge in [0, 0.05) is 11.3 Å². The molecule has 0 amide bonds. The largest absolute Gasteiger partial charge is 0.299 e. The van der Waals surface area contributed by atoms with E-state index in [1.807, 2.05) is 20.8 Å². The van der Waals surface area contributed by atoms with Gasteiger partial charge in [-0.2, -0.15) is 0 Å². The van der Waals surface area contributed by atoms with E-state index in [4.69, 9.17) is 0 Å². The topological polar surface area (TPSA) is 17.1 Å². The first-order valence-corrected chi connectivity index (χ1v) is 5.18. The molecule has 0 heterocycles. The zero-order chi connectivity index (χ0) is 10.4. The highest BCUT2D eigenvalue weighted by molar-refractivity contribution is 5.88. The summed E-state index contributed by atoms with van der Waals surface area (Å²) in [4.78, 5) is 11.9. The molecule has 2 atom stereocenters. The SMILES string of the molecule is CC(C)(C)C(=O)[C@@H]1C[C@H]1C(C)(C)C. The maximum absolute atomic E-state index is 11.9. The monoisotopic (exact) mass is 182 g/mol. The molecule has 0 N–H and O–H groups in total. The van der Waals surface area contributed by atoms with E-state index in [9.17, 15) is 4.79 Å². The number of ketones is 1. The lowest BCUT2D eigenvalue weighted by Gasteiger charge is -2.21. The lowest BCUT2D eigenvalue weighted by Crippen LogP contribution is -2.24. The van der Waals surface area contributed by atoms with E-state index in [-0.39, 0.29) is 5.41 Å². The summed E-state index contributed by atoms with van der Waals surface area (Å²) in [7, 11) is 0. The van der Waals surface area contributed by atoms with Crippen LogP contribution in [-0.2, 0) is 4.79 Å². The van der Waals surface area contributed by atoms with Gasteiger partial charge in [-0.05, 0) is 17.8 Å². The van der Waals surface area contributed by atoms with Gasteiger partial charge in [0.2, 0.25) is 0 Å². The number of carbonyl (C=O) groups is 1. The van der Waals surface area contributed by atoms with Crippen LogP contribution < -0.4 is 0 Å². The maximum atomic E-state index is 11.9. The Bertz CT molecular complexity index is 214. The molecule has 1 saturated carbocycles. The first kappa shape index (κ1) is 10.7. The van der Waals surface area contributed by atoms with E-state index in [1.165, 1.54) is 0 Å². The summed E-state index contributed by atoms with van der Waals surface area (Å²) >= 11 is 0. The standard InChI is InChI=1S/C12H22O/c1-11(2,3)9-7-8(9)10(13)12(4,5)6/h8-9H,7H2,1-6H3/t8-,9-/m1/s1.